The van der Waals surface area contributed by atoms with E-state index < -0.39 is 5.60 Å². The average molecular weight is 332 g/mol. The second-order valence-electron chi connectivity index (χ2n) is 5.89. The fourth-order valence-corrected chi connectivity index (χ4v) is 2.24. The summed E-state index contributed by atoms with van der Waals surface area (Å²) in [6.07, 6.45) is 0.713. The van der Waals surface area contributed by atoms with Gasteiger partial charge >= 0.3 is 6.03 Å². The van der Waals surface area contributed by atoms with Crippen molar-refractivity contribution in [3.63, 3.8) is 0 Å². The van der Waals surface area contributed by atoms with Gasteiger partial charge in [0.15, 0.2) is 0 Å². The minimum Gasteiger partial charge on any atom is -0.497 e. The van der Waals surface area contributed by atoms with Crippen LogP contribution in [0.5, 0.6) is 5.75 Å². The van der Waals surface area contributed by atoms with Crippen LogP contribution in [0.15, 0.2) is 40.8 Å². The maximum Gasteiger partial charge on any atom is 0.314 e. The Labute approximate surface area is 141 Å². The van der Waals surface area contributed by atoms with Crippen molar-refractivity contribution in [3.8, 4) is 5.75 Å². The van der Waals surface area contributed by atoms with Crippen molar-refractivity contribution in [2.45, 2.75) is 25.9 Å². The molecule has 0 aliphatic heterocycles. The first-order valence-corrected chi connectivity index (χ1v) is 7.84. The van der Waals surface area contributed by atoms with E-state index in [0.29, 0.717) is 24.5 Å². The van der Waals surface area contributed by atoms with E-state index in [1.165, 1.54) is 0 Å². The van der Waals surface area contributed by atoms with Crippen molar-refractivity contribution in [3.05, 3.63) is 53.5 Å². The van der Waals surface area contributed by atoms with E-state index in [4.69, 9.17) is 9.15 Å². The Morgan fingerprint density at radius 3 is 2.50 bits per heavy atom. The number of carbonyl (C=O) groups is 1. The van der Waals surface area contributed by atoms with Gasteiger partial charge in [-0.15, -0.1) is 0 Å². The Bertz CT molecular complexity index is 662. The first kappa shape index (κ1) is 17.9. The number of hydrogen-bond donors (Lipinski definition) is 3. The molecule has 1 atom stereocenters. The molecule has 0 fully saturated rings. The molecule has 130 valence electrons. The Kier molecular flexibility index (Phi) is 5.87. The molecule has 1 heterocycles. The quantitative estimate of drug-likeness (QED) is 0.727. The van der Waals surface area contributed by atoms with Crippen LogP contribution in [0.3, 0.4) is 0 Å². The highest BCUT2D eigenvalue weighted by molar-refractivity contribution is 5.73. The summed E-state index contributed by atoms with van der Waals surface area (Å²) < 4.78 is 10.5. The fourth-order valence-electron chi connectivity index (χ4n) is 2.24. The van der Waals surface area contributed by atoms with Gasteiger partial charge in [0.05, 0.1) is 13.7 Å². The first-order valence-electron chi connectivity index (χ1n) is 7.84. The van der Waals surface area contributed by atoms with Gasteiger partial charge in [-0.05, 0) is 50.1 Å². The van der Waals surface area contributed by atoms with Crippen LogP contribution in [0, 0.1) is 6.92 Å². The fraction of sp³-hybridized carbons (Fsp3) is 0.389. The topological polar surface area (TPSA) is 83.7 Å². The van der Waals surface area contributed by atoms with Gasteiger partial charge in [0, 0.05) is 6.54 Å². The molecule has 0 saturated carbocycles. The van der Waals surface area contributed by atoms with Crippen molar-refractivity contribution < 1.29 is 19.1 Å². The number of benzene rings is 1. The standard InChI is InChI=1S/C18H24N2O4/c1-13-4-9-16(24-13)18(2,22)12-20-17(21)19-11-10-14-5-7-15(23-3)8-6-14/h4-9,22H,10-12H2,1-3H3,(H2,19,20,21). The summed E-state index contributed by atoms with van der Waals surface area (Å²) in [7, 11) is 1.62. The number of aryl methyl sites for hydroxylation is 1. The summed E-state index contributed by atoms with van der Waals surface area (Å²) in [5, 5.41) is 15.8. The number of nitrogens with one attached hydrogen (secondary N) is 2. The molecule has 3 N–H and O–H groups in total. The molecular formula is C18H24N2O4. The summed E-state index contributed by atoms with van der Waals surface area (Å²) in [5.41, 5.74) is -0.143. The second kappa shape index (κ2) is 7.88. The van der Waals surface area contributed by atoms with E-state index in [2.05, 4.69) is 10.6 Å². The van der Waals surface area contributed by atoms with Crippen LogP contribution in [0.4, 0.5) is 4.79 Å². The van der Waals surface area contributed by atoms with E-state index in [1.54, 1.807) is 33.1 Å². The Balaban J connectivity index is 1.73. The highest BCUT2D eigenvalue weighted by atomic mass is 16.5. The van der Waals surface area contributed by atoms with Crippen molar-refractivity contribution >= 4 is 6.03 Å². The van der Waals surface area contributed by atoms with Gasteiger partial charge in [0.2, 0.25) is 0 Å². The summed E-state index contributed by atoms with van der Waals surface area (Å²) >= 11 is 0. The number of aliphatic hydroxyl groups is 1. The van der Waals surface area contributed by atoms with Crippen molar-refractivity contribution in [1.29, 1.82) is 0 Å². The molecule has 1 aromatic heterocycles. The van der Waals surface area contributed by atoms with E-state index >= 15 is 0 Å². The zero-order valence-corrected chi connectivity index (χ0v) is 14.3. The Morgan fingerprint density at radius 2 is 1.92 bits per heavy atom. The van der Waals surface area contributed by atoms with Crippen LogP contribution in [-0.2, 0) is 12.0 Å². The SMILES string of the molecule is COc1ccc(CCNC(=O)NCC(C)(O)c2ccc(C)o2)cc1. The molecule has 0 saturated heterocycles. The van der Waals surface area contributed by atoms with Crippen LogP contribution in [0.1, 0.15) is 24.0 Å². The largest absolute Gasteiger partial charge is 0.497 e. The van der Waals surface area contributed by atoms with Crippen molar-refractivity contribution in [1.82, 2.24) is 10.6 Å². The minimum absolute atomic E-state index is 0.0638. The Morgan fingerprint density at radius 1 is 1.21 bits per heavy atom. The van der Waals surface area contributed by atoms with Gasteiger partial charge in [0.25, 0.3) is 0 Å². The van der Waals surface area contributed by atoms with Gasteiger partial charge in [-0.2, -0.15) is 0 Å². The number of furan rings is 1. The first-order chi connectivity index (χ1) is 11.4. The minimum atomic E-state index is -1.25. The van der Waals surface area contributed by atoms with E-state index in [1.807, 2.05) is 24.3 Å². The molecule has 2 rings (SSSR count). The summed E-state index contributed by atoms with van der Waals surface area (Å²) in [5.74, 6) is 1.95. The van der Waals surface area contributed by atoms with E-state index in [-0.39, 0.29) is 12.6 Å². The summed E-state index contributed by atoms with van der Waals surface area (Å²) in [4.78, 5) is 11.8. The lowest BCUT2D eigenvalue weighted by molar-refractivity contribution is 0.0360. The van der Waals surface area contributed by atoms with Gasteiger partial charge in [-0.25, -0.2) is 4.79 Å². The van der Waals surface area contributed by atoms with Crippen LogP contribution in [0.2, 0.25) is 0 Å². The Hall–Kier alpha value is -2.47. The number of amides is 2. The summed E-state index contributed by atoms with van der Waals surface area (Å²) in [6.45, 7) is 3.97. The maximum absolute atomic E-state index is 11.8. The third-order valence-corrected chi connectivity index (χ3v) is 3.72. The molecule has 6 nitrogen and oxygen atoms in total. The normalized spacial score (nSPS) is 13.2. The lowest BCUT2D eigenvalue weighted by atomic mass is 10.0. The zero-order valence-electron chi connectivity index (χ0n) is 14.3. The van der Waals surface area contributed by atoms with E-state index in [0.717, 1.165) is 11.3 Å². The number of ether oxygens (including phenoxy) is 1. The maximum atomic E-state index is 11.8. The number of carbonyl (C=O) groups excluding carboxylic acids is 1. The molecule has 0 spiro atoms. The molecule has 1 aromatic carbocycles. The number of rotatable bonds is 7. The molecule has 0 radical (unpaired) electrons. The average Bonchev–Trinajstić information content (AvgIpc) is 3.01. The van der Waals surface area contributed by atoms with Gasteiger partial charge in [0.1, 0.15) is 22.9 Å². The molecule has 0 bridgehead atoms. The highest BCUT2D eigenvalue weighted by Crippen LogP contribution is 2.21. The third-order valence-electron chi connectivity index (χ3n) is 3.72. The molecule has 24 heavy (non-hydrogen) atoms. The number of methoxy groups -OCH3 is 1. The predicted molar refractivity (Wildman–Crippen MR) is 91.1 cm³/mol. The smallest absolute Gasteiger partial charge is 0.314 e. The van der Waals surface area contributed by atoms with Crippen LogP contribution >= 0.6 is 0 Å². The van der Waals surface area contributed by atoms with Crippen LogP contribution in [0.25, 0.3) is 0 Å². The van der Waals surface area contributed by atoms with Gasteiger partial charge < -0.3 is 24.9 Å². The molecule has 1 unspecified atom stereocenters. The van der Waals surface area contributed by atoms with Gasteiger partial charge in [-0.3, -0.25) is 0 Å². The van der Waals surface area contributed by atoms with Crippen LogP contribution < -0.4 is 15.4 Å². The predicted octanol–water partition coefficient (Wildman–Crippen LogP) is 2.35. The summed E-state index contributed by atoms with van der Waals surface area (Å²) in [6, 6.07) is 10.9. The molecule has 0 aliphatic rings. The van der Waals surface area contributed by atoms with E-state index in [9.17, 15) is 9.90 Å². The highest BCUT2D eigenvalue weighted by Gasteiger charge is 2.27. The molecule has 0 aliphatic carbocycles. The lowest BCUT2D eigenvalue weighted by Crippen LogP contribution is -2.43. The zero-order chi connectivity index (χ0) is 17.6. The molecule has 6 heteroatoms. The number of urea groups is 1. The van der Waals surface area contributed by atoms with Crippen LogP contribution in [-0.4, -0.2) is 31.3 Å². The lowest BCUT2D eigenvalue weighted by Gasteiger charge is -2.21. The molecule has 2 amide bonds. The third kappa shape index (κ3) is 5.03. The van der Waals surface area contributed by atoms with Crippen molar-refractivity contribution in [2.75, 3.05) is 20.2 Å². The monoisotopic (exact) mass is 332 g/mol. The number of hydrogen-bond acceptors (Lipinski definition) is 4. The van der Waals surface area contributed by atoms with Crippen molar-refractivity contribution in [2.24, 2.45) is 0 Å². The molecule has 2 aromatic rings. The van der Waals surface area contributed by atoms with Gasteiger partial charge in [-0.1, -0.05) is 12.1 Å². The molecular weight excluding hydrogens is 308 g/mol. The second-order valence-corrected chi connectivity index (χ2v) is 5.89.